The van der Waals surface area contributed by atoms with Crippen molar-refractivity contribution in [1.29, 1.82) is 0 Å². The lowest BCUT2D eigenvalue weighted by molar-refractivity contribution is -0.137. The number of carbonyl (C=O) groups excluding carboxylic acids is 1. The second-order valence-electron chi connectivity index (χ2n) is 6.94. The van der Waals surface area contributed by atoms with Crippen molar-refractivity contribution in [3.05, 3.63) is 95.2 Å². The van der Waals surface area contributed by atoms with E-state index in [4.69, 9.17) is 0 Å². The summed E-state index contributed by atoms with van der Waals surface area (Å²) < 4.78 is 38.3. The topological polar surface area (TPSA) is 53.4 Å². The Bertz CT molecular complexity index is 972. The molecule has 0 spiro atoms. The van der Waals surface area contributed by atoms with Crippen molar-refractivity contribution in [3.63, 3.8) is 0 Å². The van der Waals surface area contributed by atoms with Gasteiger partial charge in [0.15, 0.2) is 6.10 Å². The van der Waals surface area contributed by atoms with Crippen LogP contribution in [-0.2, 0) is 17.4 Å². The van der Waals surface area contributed by atoms with E-state index >= 15 is 0 Å². The van der Waals surface area contributed by atoms with E-state index in [0.29, 0.717) is 23.4 Å². The van der Waals surface area contributed by atoms with E-state index in [1.54, 1.807) is 48.7 Å². The van der Waals surface area contributed by atoms with Crippen molar-refractivity contribution in [2.75, 3.05) is 11.4 Å². The second-order valence-corrected chi connectivity index (χ2v) is 6.94. The number of amides is 1. The number of halogens is 3. The Balaban J connectivity index is 1.81. The van der Waals surface area contributed by atoms with E-state index in [9.17, 15) is 23.1 Å². The quantitative estimate of drug-likeness (QED) is 0.635. The van der Waals surface area contributed by atoms with Gasteiger partial charge < -0.3 is 5.11 Å². The minimum absolute atomic E-state index is 0.157. The Morgan fingerprint density at radius 1 is 1.03 bits per heavy atom. The fourth-order valence-electron chi connectivity index (χ4n) is 2.98. The Morgan fingerprint density at radius 2 is 1.70 bits per heavy atom. The molecule has 0 aliphatic heterocycles. The van der Waals surface area contributed by atoms with Crippen LogP contribution in [0.3, 0.4) is 0 Å². The molecular weight excluding hydrogens is 393 g/mol. The van der Waals surface area contributed by atoms with Gasteiger partial charge in [0.25, 0.3) is 5.91 Å². The van der Waals surface area contributed by atoms with Crippen LogP contribution in [0.1, 0.15) is 28.4 Å². The highest BCUT2D eigenvalue weighted by Gasteiger charge is 2.30. The van der Waals surface area contributed by atoms with Crippen molar-refractivity contribution >= 4 is 11.7 Å². The molecule has 1 N–H and O–H groups in total. The van der Waals surface area contributed by atoms with Crippen molar-refractivity contribution in [1.82, 2.24) is 4.98 Å². The first kappa shape index (κ1) is 21.5. The Hall–Kier alpha value is -3.19. The molecule has 30 heavy (non-hydrogen) atoms. The molecule has 3 rings (SSSR count). The summed E-state index contributed by atoms with van der Waals surface area (Å²) in [6.45, 7) is 2.02. The predicted octanol–water partition coefficient (Wildman–Crippen LogP) is 4.72. The molecule has 1 atom stereocenters. The fraction of sp³-hybridized carbons (Fsp3) is 0.217. The van der Waals surface area contributed by atoms with Crippen molar-refractivity contribution in [2.45, 2.75) is 25.6 Å². The zero-order chi connectivity index (χ0) is 21.7. The van der Waals surface area contributed by atoms with E-state index in [1.165, 1.54) is 17.0 Å². The van der Waals surface area contributed by atoms with Crippen molar-refractivity contribution < 1.29 is 23.1 Å². The summed E-state index contributed by atoms with van der Waals surface area (Å²) in [4.78, 5) is 18.7. The maximum absolute atomic E-state index is 13.0. The molecule has 1 amide bonds. The summed E-state index contributed by atoms with van der Waals surface area (Å²) in [5.41, 5.74) is 1.28. The highest BCUT2D eigenvalue weighted by Crippen LogP contribution is 2.29. The lowest BCUT2D eigenvalue weighted by Crippen LogP contribution is -2.37. The summed E-state index contributed by atoms with van der Waals surface area (Å²) in [6.07, 6.45) is -3.85. The largest absolute Gasteiger partial charge is 0.416 e. The fourth-order valence-corrected chi connectivity index (χ4v) is 2.98. The number of benzene rings is 2. The number of aliphatic hydroxyl groups excluding tert-OH is 1. The van der Waals surface area contributed by atoms with Crippen LogP contribution in [-0.4, -0.2) is 22.5 Å². The molecule has 0 fully saturated rings. The molecule has 156 valence electrons. The Morgan fingerprint density at radius 3 is 2.27 bits per heavy atom. The summed E-state index contributed by atoms with van der Waals surface area (Å²) in [5.74, 6) is -0.183. The van der Waals surface area contributed by atoms with Gasteiger partial charge in [0.1, 0.15) is 5.82 Å². The molecule has 0 aliphatic carbocycles. The van der Waals surface area contributed by atoms with Crippen LogP contribution in [0, 0.1) is 6.92 Å². The van der Waals surface area contributed by atoms with Gasteiger partial charge >= 0.3 is 6.18 Å². The number of hydrogen-bond donors (Lipinski definition) is 1. The number of aliphatic hydroxyl groups is 1. The predicted molar refractivity (Wildman–Crippen MR) is 108 cm³/mol. The summed E-state index contributed by atoms with van der Waals surface area (Å²) in [7, 11) is 0. The average molecular weight is 414 g/mol. The van der Waals surface area contributed by atoms with Crippen molar-refractivity contribution in [3.8, 4) is 0 Å². The second kappa shape index (κ2) is 9.09. The van der Waals surface area contributed by atoms with Crippen LogP contribution >= 0.6 is 0 Å². The van der Waals surface area contributed by atoms with Gasteiger partial charge in [0.05, 0.1) is 5.56 Å². The lowest BCUT2D eigenvalue weighted by atomic mass is 10.1. The molecule has 1 heterocycles. The molecular formula is C23H21F3N2O2. The third-order valence-corrected chi connectivity index (χ3v) is 4.69. The molecule has 0 aliphatic rings. The van der Waals surface area contributed by atoms with E-state index in [-0.39, 0.29) is 6.54 Å². The third-order valence-electron chi connectivity index (χ3n) is 4.69. The number of alkyl halides is 3. The minimum Gasteiger partial charge on any atom is -0.378 e. The Kier molecular flexibility index (Phi) is 6.52. The number of aromatic nitrogens is 1. The zero-order valence-electron chi connectivity index (χ0n) is 16.3. The molecule has 7 heteroatoms. The van der Waals surface area contributed by atoms with Crippen LogP contribution in [0.2, 0.25) is 0 Å². The van der Waals surface area contributed by atoms with Gasteiger partial charge in [-0.15, -0.1) is 0 Å². The van der Waals surface area contributed by atoms with Crippen LogP contribution in [0.4, 0.5) is 19.0 Å². The standard InChI is InChI=1S/C23H21F3N2O2/c1-16-7-12-20(27-15-16)28(22(30)21(29)18-5-3-2-4-6-18)14-13-17-8-10-19(11-9-17)23(24,25)26/h2-12,15,21,29H,13-14H2,1H3. The molecule has 0 saturated heterocycles. The average Bonchev–Trinajstić information content (AvgIpc) is 2.74. The maximum atomic E-state index is 13.0. The van der Waals surface area contributed by atoms with Gasteiger partial charge in [-0.05, 0) is 48.2 Å². The third kappa shape index (κ3) is 5.24. The molecule has 3 aromatic rings. The molecule has 0 saturated carbocycles. The van der Waals surface area contributed by atoms with Gasteiger partial charge in [0, 0.05) is 12.7 Å². The first-order valence-electron chi connectivity index (χ1n) is 9.39. The monoisotopic (exact) mass is 414 g/mol. The number of anilines is 1. The van der Waals surface area contributed by atoms with Crippen LogP contribution < -0.4 is 4.90 Å². The smallest absolute Gasteiger partial charge is 0.378 e. The van der Waals surface area contributed by atoms with Gasteiger partial charge in [0.2, 0.25) is 0 Å². The Labute approximate surface area is 172 Å². The first-order chi connectivity index (χ1) is 14.3. The lowest BCUT2D eigenvalue weighted by Gasteiger charge is -2.25. The number of aryl methyl sites for hydroxylation is 1. The minimum atomic E-state index is -4.40. The SMILES string of the molecule is Cc1ccc(N(CCc2ccc(C(F)(F)F)cc2)C(=O)C(O)c2ccccc2)nc1. The number of hydrogen-bond acceptors (Lipinski definition) is 3. The van der Waals surface area contributed by atoms with Crippen LogP contribution in [0.15, 0.2) is 72.9 Å². The molecule has 0 bridgehead atoms. The highest BCUT2D eigenvalue weighted by molar-refractivity contribution is 5.96. The molecule has 1 unspecified atom stereocenters. The van der Waals surface area contributed by atoms with Gasteiger partial charge in [-0.25, -0.2) is 4.98 Å². The summed E-state index contributed by atoms with van der Waals surface area (Å²) in [6, 6.07) is 16.8. The summed E-state index contributed by atoms with van der Waals surface area (Å²) >= 11 is 0. The molecule has 4 nitrogen and oxygen atoms in total. The maximum Gasteiger partial charge on any atom is 0.416 e. The van der Waals surface area contributed by atoms with E-state index in [2.05, 4.69) is 4.98 Å². The highest BCUT2D eigenvalue weighted by atomic mass is 19.4. The molecule has 2 aromatic carbocycles. The first-order valence-corrected chi connectivity index (χ1v) is 9.39. The number of nitrogens with zero attached hydrogens (tertiary/aromatic N) is 2. The van der Waals surface area contributed by atoms with Gasteiger partial charge in [-0.2, -0.15) is 13.2 Å². The summed E-state index contributed by atoms with van der Waals surface area (Å²) in [5, 5.41) is 10.6. The number of carbonyl (C=O) groups is 1. The van der Waals surface area contributed by atoms with Crippen molar-refractivity contribution in [2.24, 2.45) is 0 Å². The van der Waals surface area contributed by atoms with E-state index < -0.39 is 23.8 Å². The van der Waals surface area contributed by atoms with Gasteiger partial charge in [-0.3, -0.25) is 9.69 Å². The van der Waals surface area contributed by atoms with E-state index in [0.717, 1.165) is 17.7 Å². The normalized spacial score (nSPS) is 12.4. The molecule has 0 radical (unpaired) electrons. The van der Waals surface area contributed by atoms with Crippen LogP contribution in [0.5, 0.6) is 0 Å². The number of rotatable bonds is 6. The molecule has 1 aromatic heterocycles. The van der Waals surface area contributed by atoms with E-state index in [1.807, 2.05) is 6.92 Å². The number of pyridine rings is 1. The zero-order valence-corrected chi connectivity index (χ0v) is 16.3. The van der Waals surface area contributed by atoms with Gasteiger partial charge in [-0.1, -0.05) is 48.5 Å². The van der Waals surface area contributed by atoms with Crippen LogP contribution in [0.25, 0.3) is 0 Å².